The van der Waals surface area contributed by atoms with Gasteiger partial charge < -0.3 is 57.5 Å². The van der Waals surface area contributed by atoms with Crippen LogP contribution in [0, 0.1) is 16.2 Å². The van der Waals surface area contributed by atoms with Gasteiger partial charge in [-0.05, 0) is 196 Å². The van der Waals surface area contributed by atoms with Crippen molar-refractivity contribution in [3.05, 3.63) is 169 Å². The molecule has 0 aliphatic carbocycles. The number of benzene rings is 8. The number of ether oxygens (including phenoxy) is 8. The van der Waals surface area contributed by atoms with Crippen LogP contribution < -0.4 is 29.1 Å². The zero-order valence-corrected chi connectivity index (χ0v) is 72.4. The van der Waals surface area contributed by atoms with Gasteiger partial charge in [0.15, 0.2) is 11.5 Å². The lowest BCUT2D eigenvalue weighted by atomic mass is 9.77. The Morgan fingerprint density at radius 1 is 0.395 bits per heavy atom. The number of carbonyl (C=O) groups is 6. The Balaban J connectivity index is 0.483. The second-order valence-corrected chi connectivity index (χ2v) is 35.6. The van der Waals surface area contributed by atoms with Gasteiger partial charge >= 0.3 is 35.8 Å². The number of unbranched alkanes of at least 4 members (excludes halogenated alkanes) is 4. The van der Waals surface area contributed by atoms with E-state index in [1.165, 1.54) is 22.5 Å². The summed E-state index contributed by atoms with van der Waals surface area (Å²) in [6, 6.07) is 55.0. The van der Waals surface area contributed by atoms with Crippen molar-refractivity contribution in [3.63, 3.8) is 0 Å². The fourth-order valence-electron chi connectivity index (χ4n) is 17.0. The number of carbonyl (C=O) groups excluding carboxylic acids is 6. The Morgan fingerprint density at radius 2 is 0.731 bits per heavy atom. The lowest BCUT2D eigenvalue weighted by Crippen LogP contribution is -2.63. The molecular weight excluding hydrogens is 1500 g/mol. The summed E-state index contributed by atoms with van der Waals surface area (Å²) in [5, 5.41) is 4.13. The molecule has 4 aliphatic rings. The summed E-state index contributed by atoms with van der Waals surface area (Å²) >= 11 is 0. The first kappa shape index (κ1) is 87.6. The molecule has 8 aromatic rings. The van der Waals surface area contributed by atoms with Crippen molar-refractivity contribution in [2.24, 2.45) is 26.2 Å². The molecule has 20 nitrogen and oxygen atoms in total. The first-order chi connectivity index (χ1) is 57.0. The molecule has 0 amide bonds. The number of anilines is 4. The molecule has 2 unspecified atom stereocenters. The molecule has 2 spiro atoms. The topological polar surface area (TPSA) is 214 Å². The molecule has 0 saturated heterocycles. The quantitative estimate of drug-likeness (QED) is 0.0200. The molecule has 0 aromatic heterocycles. The standard InChI is InChI=1S/C99H122N6O14/c1-15-97(16-2,67-116-85(106)41-21-19-31-57-112-87(108)51-53-89(110)114-59-55-102(17-3)71-47-43-69(44-48-71)77-61-81-91(75-35-25-23-33-73(75)77)118-98(63-100-81)95(11,12)79-37-27-29-39-83(79)104(98)65-93(5,6)7)68-117-86(107)42-22-20-32-58-113-88(109)52-54-90(111)115-60-56-103(18-4)72-49-45-70(46-50-72)78-62-82-92(76-36-26-24-34-74(76)78)119-99(64-101-82)96(13,14)80-38-28-30-40-84(80)105(99)66-94(8,9)10/h23-30,33-40,43-50,61-64H,15-22,31-32,41-42,51-60,65-68H2,1-14H3. The van der Waals surface area contributed by atoms with E-state index in [-0.39, 0.29) is 101 Å². The van der Waals surface area contributed by atoms with Crippen LogP contribution in [0.1, 0.15) is 198 Å². The third kappa shape index (κ3) is 19.7. The summed E-state index contributed by atoms with van der Waals surface area (Å²) in [5.74, 6) is -1.09. The monoisotopic (exact) mass is 1620 g/mol. The first-order valence-electron chi connectivity index (χ1n) is 43.0. The van der Waals surface area contributed by atoms with Crippen molar-refractivity contribution in [1.29, 1.82) is 0 Å². The highest BCUT2D eigenvalue weighted by molar-refractivity contribution is 6.07. The van der Waals surface area contributed by atoms with Gasteiger partial charge in [0, 0.05) is 78.0 Å². The predicted molar refractivity (Wildman–Crippen MR) is 474 cm³/mol. The molecule has 0 N–H and O–H groups in total. The smallest absolute Gasteiger partial charge is 0.306 e. The second-order valence-electron chi connectivity index (χ2n) is 35.6. The Morgan fingerprint density at radius 3 is 1.08 bits per heavy atom. The minimum absolute atomic E-state index is 0.0112. The van der Waals surface area contributed by atoms with Crippen molar-refractivity contribution in [1.82, 2.24) is 0 Å². The number of hydrogen-bond donors (Lipinski definition) is 0. The number of fused-ring (bicyclic) bond motifs is 8. The molecule has 632 valence electrons. The lowest BCUT2D eigenvalue weighted by Gasteiger charge is -2.48. The van der Waals surface area contributed by atoms with Crippen molar-refractivity contribution in [3.8, 4) is 33.8 Å². The highest BCUT2D eigenvalue weighted by atomic mass is 16.6. The average molecular weight is 1620 g/mol. The fraction of sp³-hybridized carbons (Fsp3) is 0.475. The minimum atomic E-state index is -0.835. The average Bonchev–Trinajstić information content (AvgIpc) is 1.55. The van der Waals surface area contributed by atoms with E-state index in [1.54, 1.807) is 0 Å². The summed E-state index contributed by atoms with van der Waals surface area (Å²) in [5.41, 5.74) is 9.48. The number of rotatable bonds is 38. The lowest BCUT2D eigenvalue weighted by molar-refractivity contribution is -0.155. The third-order valence-corrected chi connectivity index (χ3v) is 24.1. The SMILES string of the molecule is CCN(CCOC(=O)CCC(=O)OCCCCCC(=O)OCC(CC)(CC)COC(=O)CCCCCOC(=O)CCC(=O)OCCN(CC)c1ccc(-c2cc3c(c4ccccc24)OC2(C=N3)N(CC(C)(C)C)c3ccccc3C2(C)C)cc1)c1ccc(-c2cc3c(c4ccccc24)OC2(C=N3)N(CC(C)(C)C)c3ccccc3C2(C)C)cc1. The van der Waals surface area contributed by atoms with Gasteiger partial charge in [0.1, 0.15) is 37.8 Å². The maximum absolute atomic E-state index is 12.8. The van der Waals surface area contributed by atoms with Gasteiger partial charge in [-0.2, -0.15) is 0 Å². The summed E-state index contributed by atoms with van der Waals surface area (Å²) in [7, 11) is 0. The van der Waals surface area contributed by atoms with E-state index < -0.39 is 51.6 Å². The molecule has 4 aliphatic heterocycles. The third-order valence-electron chi connectivity index (χ3n) is 24.1. The molecule has 0 saturated carbocycles. The maximum atomic E-state index is 12.8. The molecule has 119 heavy (non-hydrogen) atoms. The Bertz CT molecular complexity index is 4690. The molecule has 8 aromatic carbocycles. The van der Waals surface area contributed by atoms with Crippen molar-refractivity contribution < 1.29 is 66.7 Å². The van der Waals surface area contributed by atoms with E-state index in [4.69, 9.17) is 47.9 Å². The van der Waals surface area contributed by atoms with Gasteiger partial charge in [-0.15, -0.1) is 0 Å². The van der Waals surface area contributed by atoms with Gasteiger partial charge in [0.25, 0.3) is 0 Å². The molecule has 2 atom stereocenters. The van der Waals surface area contributed by atoms with Gasteiger partial charge in [0.05, 0.1) is 75.2 Å². The van der Waals surface area contributed by atoms with Crippen LogP contribution in [0.5, 0.6) is 11.5 Å². The number of aliphatic imine (C=N–C) groups is 2. The fourth-order valence-corrected chi connectivity index (χ4v) is 17.0. The van der Waals surface area contributed by atoms with Crippen molar-refractivity contribution in [2.45, 2.75) is 209 Å². The van der Waals surface area contributed by atoms with Crippen LogP contribution >= 0.6 is 0 Å². The minimum Gasteiger partial charge on any atom is -0.466 e. The highest BCUT2D eigenvalue weighted by Crippen LogP contribution is 2.59. The van der Waals surface area contributed by atoms with Crippen LogP contribution in [-0.2, 0) is 68.0 Å². The molecule has 0 radical (unpaired) electrons. The van der Waals surface area contributed by atoms with Crippen LogP contribution in [0.25, 0.3) is 43.8 Å². The zero-order chi connectivity index (χ0) is 84.9. The van der Waals surface area contributed by atoms with Crippen molar-refractivity contribution in [2.75, 3.05) is 98.5 Å². The molecule has 12 rings (SSSR count). The van der Waals surface area contributed by atoms with Crippen molar-refractivity contribution >= 4 is 104 Å². The Hall–Kier alpha value is -10.8. The number of nitrogens with zero attached hydrogens (tertiary/aromatic N) is 6. The number of likely N-dealkylation sites (N-methyl/N-ethyl adjacent to an activating group) is 2. The van der Waals surface area contributed by atoms with Crippen LogP contribution in [0.2, 0.25) is 0 Å². The van der Waals surface area contributed by atoms with Crippen LogP contribution in [0.3, 0.4) is 0 Å². The summed E-state index contributed by atoms with van der Waals surface area (Å²) in [6.07, 6.45) is 8.72. The number of esters is 6. The Labute approximate surface area is 703 Å². The number of para-hydroxylation sites is 2. The molecule has 0 bridgehead atoms. The van der Waals surface area contributed by atoms with E-state index in [2.05, 4.69) is 260 Å². The van der Waals surface area contributed by atoms with Crippen LogP contribution in [-0.4, -0.2) is 139 Å². The van der Waals surface area contributed by atoms with E-state index in [9.17, 15) is 28.8 Å². The van der Waals surface area contributed by atoms with Gasteiger partial charge in [-0.3, -0.25) is 38.8 Å². The van der Waals surface area contributed by atoms with E-state index in [0.717, 1.165) is 91.1 Å². The van der Waals surface area contributed by atoms with Crippen LogP contribution in [0.4, 0.5) is 34.1 Å². The summed E-state index contributed by atoms with van der Waals surface area (Å²) < 4.78 is 48.1. The molecule has 20 heteroatoms. The summed E-state index contributed by atoms with van der Waals surface area (Å²) in [6.45, 7) is 35.4. The summed E-state index contributed by atoms with van der Waals surface area (Å²) in [4.78, 5) is 96.0. The van der Waals surface area contributed by atoms with Gasteiger partial charge in [-0.1, -0.05) is 165 Å². The Kier molecular flexibility index (Phi) is 27.7. The van der Waals surface area contributed by atoms with E-state index >= 15 is 0 Å². The predicted octanol–water partition coefficient (Wildman–Crippen LogP) is 20.7. The van der Waals surface area contributed by atoms with Crippen LogP contribution in [0.15, 0.2) is 168 Å². The highest BCUT2D eigenvalue weighted by Gasteiger charge is 2.62. The van der Waals surface area contributed by atoms with E-state index in [1.807, 2.05) is 26.3 Å². The molecule has 0 fully saturated rings. The zero-order valence-electron chi connectivity index (χ0n) is 72.4. The second kappa shape index (κ2) is 37.7. The molecular formula is C99H122N6O14. The van der Waals surface area contributed by atoms with Gasteiger partial charge in [0.2, 0.25) is 11.4 Å². The van der Waals surface area contributed by atoms with E-state index in [0.29, 0.717) is 77.5 Å². The largest absolute Gasteiger partial charge is 0.466 e. The normalized spacial score (nSPS) is 16.6. The number of hydrogen-bond acceptors (Lipinski definition) is 20. The first-order valence-corrected chi connectivity index (χ1v) is 43.0. The van der Waals surface area contributed by atoms with Gasteiger partial charge in [-0.25, -0.2) is 0 Å². The maximum Gasteiger partial charge on any atom is 0.306 e. The molecule has 4 heterocycles.